The minimum absolute atomic E-state index is 0.0292. The van der Waals surface area contributed by atoms with Crippen molar-refractivity contribution in [2.24, 2.45) is 5.73 Å². The average Bonchev–Trinajstić information content (AvgIpc) is 3.03. The van der Waals surface area contributed by atoms with Crippen molar-refractivity contribution in [3.05, 3.63) is 35.9 Å². The predicted octanol–water partition coefficient (Wildman–Crippen LogP) is 2.21. The maximum Gasteiger partial charge on any atom is 0.258 e. The summed E-state index contributed by atoms with van der Waals surface area (Å²) in [7, 11) is 1.59. The molecule has 120 valence electrons. The van der Waals surface area contributed by atoms with E-state index in [9.17, 15) is 4.79 Å². The van der Waals surface area contributed by atoms with E-state index in [0.29, 0.717) is 36.8 Å². The molecule has 1 aliphatic heterocycles. The standard InChI is InChI=1S/C17H24N2O3/c1-3-13-6-4-10-19(13)17(20)15-12-14(21-2)7-8-16(15)22-11-5-9-18/h4,6-8,12-13H,3,5,9-11,18H2,1-2H3. The minimum Gasteiger partial charge on any atom is -0.497 e. The Labute approximate surface area is 131 Å². The smallest absolute Gasteiger partial charge is 0.258 e. The summed E-state index contributed by atoms with van der Waals surface area (Å²) in [6, 6.07) is 5.47. The fourth-order valence-corrected chi connectivity index (χ4v) is 2.51. The molecule has 1 atom stereocenters. The zero-order valence-corrected chi connectivity index (χ0v) is 13.2. The van der Waals surface area contributed by atoms with Gasteiger partial charge in [-0.1, -0.05) is 19.1 Å². The number of methoxy groups -OCH3 is 1. The Morgan fingerprint density at radius 1 is 1.45 bits per heavy atom. The number of carbonyl (C=O) groups is 1. The molecule has 0 bridgehead atoms. The van der Waals surface area contributed by atoms with Gasteiger partial charge in [-0.05, 0) is 37.6 Å². The lowest BCUT2D eigenvalue weighted by Gasteiger charge is -2.25. The number of nitrogens with two attached hydrogens (primary N) is 1. The first-order valence-electron chi connectivity index (χ1n) is 7.69. The molecule has 0 aromatic heterocycles. The molecule has 1 aromatic carbocycles. The highest BCUT2D eigenvalue weighted by molar-refractivity contribution is 5.98. The first-order chi connectivity index (χ1) is 10.7. The van der Waals surface area contributed by atoms with Gasteiger partial charge in [0.25, 0.3) is 5.91 Å². The maximum absolute atomic E-state index is 12.9. The third-order valence-corrected chi connectivity index (χ3v) is 3.76. The number of rotatable bonds is 7. The van der Waals surface area contributed by atoms with Crippen molar-refractivity contribution in [1.82, 2.24) is 4.90 Å². The third kappa shape index (κ3) is 3.60. The van der Waals surface area contributed by atoms with Crippen LogP contribution in [0.1, 0.15) is 30.1 Å². The summed E-state index contributed by atoms with van der Waals surface area (Å²) >= 11 is 0. The first-order valence-corrected chi connectivity index (χ1v) is 7.69. The van der Waals surface area contributed by atoms with Crippen LogP contribution < -0.4 is 15.2 Å². The Kier molecular flexibility index (Phi) is 5.83. The second kappa shape index (κ2) is 7.84. The molecule has 22 heavy (non-hydrogen) atoms. The summed E-state index contributed by atoms with van der Waals surface area (Å²) in [6.07, 6.45) is 5.76. The van der Waals surface area contributed by atoms with E-state index in [0.717, 1.165) is 12.8 Å². The van der Waals surface area contributed by atoms with Crippen molar-refractivity contribution in [3.8, 4) is 11.5 Å². The molecule has 2 N–H and O–H groups in total. The SMILES string of the molecule is CCC1C=CCN1C(=O)c1cc(OC)ccc1OCCCN. The summed E-state index contributed by atoms with van der Waals surface area (Å²) in [5.74, 6) is 1.20. The molecule has 0 radical (unpaired) electrons. The normalized spacial score (nSPS) is 16.9. The topological polar surface area (TPSA) is 64.8 Å². The van der Waals surface area contributed by atoms with Gasteiger partial charge in [0.1, 0.15) is 11.5 Å². The van der Waals surface area contributed by atoms with Gasteiger partial charge in [-0.15, -0.1) is 0 Å². The first kappa shape index (κ1) is 16.4. The van der Waals surface area contributed by atoms with Crippen molar-refractivity contribution in [3.63, 3.8) is 0 Å². The van der Waals surface area contributed by atoms with Gasteiger partial charge in [0.2, 0.25) is 0 Å². The van der Waals surface area contributed by atoms with E-state index in [2.05, 4.69) is 13.0 Å². The summed E-state index contributed by atoms with van der Waals surface area (Å²) in [6.45, 7) is 3.77. The van der Waals surface area contributed by atoms with Crippen LogP contribution >= 0.6 is 0 Å². The largest absolute Gasteiger partial charge is 0.497 e. The van der Waals surface area contributed by atoms with Crippen LogP contribution in [0.5, 0.6) is 11.5 Å². The fourth-order valence-electron chi connectivity index (χ4n) is 2.51. The Balaban J connectivity index is 2.24. The Hall–Kier alpha value is -2.01. The van der Waals surface area contributed by atoms with Gasteiger partial charge in [-0.3, -0.25) is 4.79 Å². The lowest BCUT2D eigenvalue weighted by atomic mass is 10.1. The monoisotopic (exact) mass is 304 g/mol. The highest BCUT2D eigenvalue weighted by Gasteiger charge is 2.27. The molecule has 1 heterocycles. The van der Waals surface area contributed by atoms with E-state index < -0.39 is 0 Å². The number of benzene rings is 1. The van der Waals surface area contributed by atoms with Crippen LogP contribution in [0, 0.1) is 0 Å². The van der Waals surface area contributed by atoms with Gasteiger partial charge in [0, 0.05) is 6.54 Å². The average molecular weight is 304 g/mol. The van der Waals surface area contributed by atoms with E-state index in [-0.39, 0.29) is 11.9 Å². The Bertz CT molecular complexity index is 543. The molecule has 0 spiro atoms. The van der Waals surface area contributed by atoms with E-state index in [1.165, 1.54) is 0 Å². The zero-order valence-electron chi connectivity index (χ0n) is 13.2. The molecule has 1 amide bonds. The van der Waals surface area contributed by atoms with Crippen molar-refractivity contribution in [1.29, 1.82) is 0 Å². The van der Waals surface area contributed by atoms with Crippen molar-refractivity contribution >= 4 is 5.91 Å². The van der Waals surface area contributed by atoms with Crippen LogP contribution in [0.3, 0.4) is 0 Å². The molecule has 1 aliphatic rings. The molecule has 1 aromatic rings. The van der Waals surface area contributed by atoms with Crippen molar-refractivity contribution in [2.75, 3.05) is 26.8 Å². The number of amides is 1. The summed E-state index contributed by atoms with van der Waals surface area (Å²) < 4.78 is 11.0. The van der Waals surface area contributed by atoms with Gasteiger partial charge in [0.15, 0.2) is 0 Å². The van der Waals surface area contributed by atoms with Crippen LogP contribution in [0.15, 0.2) is 30.4 Å². The van der Waals surface area contributed by atoms with Crippen LogP contribution in [-0.2, 0) is 0 Å². The highest BCUT2D eigenvalue weighted by atomic mass is 16.5. The van der Waals surface area contributed by atoms with Crippen LogP contribution in [0.2, 0.25) is 0 Å². The van der Waals surface area contributed by atoms with Crippen LogP contribution in [0.25, 0.3) is 0 Å². The van der Waals surface area contributed by atoms with Gasteiger partial charge < -0.3 is 20.1 Å². The number of hydrogen-bond donors (Lipinski definition) is 1. The maximum atomic E-state index is 12.9. The van der Waals surface area contributed by atoms with E-state index in [4.69, 9.17) is 15.2 Å². The lowest BCUT2D eigenvalue weighted by Crippen LogP contribution is -2.35. The molecule has 1 unspecified atom stereocenters. The van der Waals surface area contributed by atoms with Crippen molar-refractivity contribution in [2.45, 2.75) is 25.8 Å². The Morgan fingerprint density at radius 2 is 2.27 bits per heavy atom. The quantitative estimate of drug-likeness (QED) is 0.619. The van der Waals surface area contributed by atoms with E-state index in [1.54, 1.807) is 25.3 Å². The number of ether oxygens (including phenoxy) is 2. The van der Waals surface area contributed by atoms with E-state index >= 15 is 0 Å². The summed E-state index contributed by atoms with van der Waals surface area (Å²) in [4.78, 5) is 14.7. The fraction of sp³-hybridized carbons (Fsp3) is 0.471. The summed E-state index contributed by atoms with van der Waals surface area (Å²) in [5, 5.41) is 0. The highest BCUT2D eigenvalue weighted by Crippen LogP contribution is 2.28. The van der Waals surface area contributed by atoms with Crippen LogP contribution in [-0.4, -0.2) is 43.7 Å². The second-order valence-corrected chi connectivity index (χ2v) is 5.21. The predicted molar refractivity (Wildman–Crippen MR) is 86.4 cm³/mol. The molecular formula is C17H24N2O3. The Morgan fingerprint density at radius 3 is 2.95 bits per heavy atom. The number of carbonyl (C=O) groups excluding carboxylic acids is 1. The molecule has 0 saturated heterocycles. The van der Waals surface area contributed by atoms with Gasteiger partial charge in [-0.2, -0.15) is 0 Å². The lowest BCUT2D eigenvalue weighted by molar-refractivity contribution is 0.0742. The minimum atomic E-state index is -0.0292. The van der Waals surface area contributed by atoms with Crippen LogP contribution in [0.4, 0.5) is 0 Å². The molecule has 5 nitrogen and oxygen atoms in total. The molecule has 0 saturated carbocycles. The number of hydrogen-bond acceptors (Lipinski definition) is 4. The molecule has 0 aliphatic carbocycles. The summed E-state index contributed by atoms with van der Waals surface area (Å²) in [5.41, 5.74) is 6.03. The second-order valence-electron chi connectivity index (χ2n) is 5.21. The van der Waals surface area contributed by atoms with Gasteiger partial charge in [-0.25, -0.2) is 0 Å². The molecule has 5 heteroatoms. The zero-order chi connectivity index (χ0) is 15.9. The van der Waals surface area contributed by atoms with Gasteiger partial charge in [0.05, 0.1) is 25.3 Å². The third-order valence-electron chi connectivity index (χ3n) is 3.76. The molecule has 0 fully saturated rings. The molecular weight excluding hydrogens is 280 g/mol. The van der Waals surface area contributed by atoms with E-state index in [1.807, 2.05) is 11.0 Å². The molecule has 2 rings (SSSR count). The number of nitrogens with zero attached hydrogens (tertiary/aromatic N) is 1. The van der Waals surface area contributed by atoms with Gasteiger partial charge >= 0.3 is 0 Å². The van der Waals surface area contributed by atoms with Crippen molar-refractivity contribution < 1.29 is 14.3 Å².